The number of rotatable bonds is 4. The number of sulfonamides is 1. The fraction of sp³-hybridized carbons (Fsp3) is 0.231. The lowest BCUT2D eigenvalue weighted by atomic mass is 10.3. The van der Waals surface area contributed by atoms with E-state index in [0.29, 0.717) is 11.5 Å². The molecule has 0 fully saturated rings. The maximum Gasteiger partial charge on any atom is 0.244 e. The third-order valence-corrected chi connectivity index (χ3v) is 5.54. The Morgan fingerprint density at radius 2 is 2.00 bits per heavy atom. The third kappa shape index (κ3) is 3.11. The summed E-state index contributed by atoms with van der Waals surface area (Å²) in [7, 11) is -2.27. The molecule has 7 heteroatoms. The van der Waals surface area contributed by atoms with Crippen molar-refractivity contribution in [3.63, 3.8) is 0 Å². The van der Waals surface area contributed by atoms with Crippen LogP contribution in [0.5, 0.6) is 0 Å². The molecular weight excluding hydrogens is 349 g/mol. The van der Waals surface area contributed by atoms with E-state index < -0.39 is 15.8 Å². The van der Waals surface area contributed by atoms with Crippen LogP contribution in [0.2, 0.25) is 0 Å². The van der Waals surface area contributed by atoms with Gasteiger partial charge in [-0.1, -0.05) is 0 Å². The van der Waals surface area contributed by atoms with Crippen molar-refractivity contribution >= 4 is 26.0 Å². The average molecular weight is 362 g/mol. The lowest BCUT2D eigenvalue weighted by molar-refractivity contribution is 0.397. The number of hydrogen-bond acceptors (Lipinski definition) is 3. The minimum Gasteiger partial charge on any atom is -0.465 e. The van der Waals surface area contributed by atoms with Gasteiger partial charge < -0.3 is 4.42 Å². The first kappa shape index (κ1) is 15.2. The highest BCUT2D eigenvalue weighted by molar-refractivity contribution is 9.10. The Morgan fingerprint density at radius 1 is 1.30 bits per heavy atom. The van der Waals surface area contributed by atoms with Crippen LogP contribution in [-0.4, -0.2) is 19.8 Å². The summed E-state index contributed by atoms with van der Waals surface area (Å²) in [5.74, 6) is 0.765. The quantitative estimate of drug-likeness (QED) is 0.839. The largest absolute Gasteiger partial charge is 0.465 e. The van der Waals surface area contributed by atoms with Crippen molar-refractivity contribution in [2.45, 2.75) is 18.4 Å². The Bertz CT molecular complexity index is 727. The first-order chi connectivity index (χ1) is 9.30. The molecule has 0 aliphatic heterocycles. The van der Waals surface area contributed by atoms with Crippen molar-refractivity contribution in [1.82, 2.24) is 4.31 Å². The number of furan rings is 1. The van der Waals surface area contributed by atoms with E-state index in [1.54, 1.807) is 19.1 Å². The van der Waals surface area contributed by atoms with Crippen LogP contribution in [0.15, 0.2) is 44.1 Å². The van der Waals surface area contributed by atoms with E-state index >= 15 is 0 Å². The van der Waals surface area contributed by atoms with E-state index in [1.165, 1.54) is 13.1 Å². The first-order valence-corrected chi connectivity index (χ1v) is 8.01. The van der Waals surface area contributed by atoms with Crippen LogP contribution in [0.4, 0.5) is 4.39 Å². The molecule has 0 aliphatic rings. The van der Waals surface area contributed by atoms with Crippen molar-refractivity contribution in [2.24, 2.45) is 0 Å². The molecule has 0 bridgehead atoms. The summed E-state index contributed by atoms with van der Waals surface area (Å²) in [5, 5.41) is 0. The Labute approximate surface area is 125 Å². The number of hydrogen-bond donors (Lipinski definition) is 0. The molecule has 1 aromatic heterocycles. The fourth-order valence-corrected chi connectivity index (χ4v) is 3.87. The molecule has 0 amide bonds. The second kappa shape index (κ2) is 5.67. The van der Waals surface area contributed by atoms with Crippen molar-refractivity contribution in [3.05, 3.63) is 52.1 Å². The molecule has 0 saturated heterocycles. The summed E-state index contributed by atoms with van der Waals surface area (Å²) in [6, 6.07) is 6.96. The van der Waals surface area contributed by atoms with Gasteiger partial charge in [-0.3, -0.25) is 0 Å². The fourth-order valence-electron chi connectivity index (χ4n) is 1.73. The van der Waals surface area contributed by atoms with E-state index in [0.717, 1.165) is 16.4 Å². The highest BCUT2D eigenvalue weighted by Crippen LogP contribution is 2.26. The van der Waals surface area contributed by atoms with Crippen molar-refractivity contribution in [1.29, 1.82) is 0 Å². The smallest absolute Gasteiger partial charge is 0.244 e. The molecular formula is C13H13BrFNO3S. The van der Waals surface area contributed by atoms with Crippen LogP contribution in [0, 0.1) is 12.7 Å². The Kier molecular flexibility index (Phi) is 4.31. The van der Waals surface area contributed by atoms with Gasteiger partial charge in [0.25, 0.3) is 0 Å². The maximum absolute atomic E-state index is 13.0. The van der Waals surface area contributed by atoms with Gasteiger partial charge in [-0.25, -0.2) is 12.8 Å². The molecule has 0 N–H and O–H groups in total. The summed E-state index contributed by atoms with van der Waals surface area (Å²) >= 11 is 3.07. The molecule has 0 saturated carbocycles. The number of nitrogens with zero attached hydrogens (tertiary/aromatic N) is 1. The second-order valence-corrected chi connectivity index (χ2v) is 7.22. The van der Waals surface area contributed by atoms with Gasteiger partial charge in [0.2, 0.25) is 10.0 Å². The van der Waals surface area contributed by atoms with Gasteiger partial charge in [0.15, 0.2) is 0 Å². The summed E-state index contributed by atoms with van der Waals surface area (Å²) in [4.78, 5) is 0.0182. The van der Waals surface area contributed by atoms with Gasteiger partial charge in [0.1, 0.15) is 17.3 Å². The normalized spacial score (nSPS) is 12.1. The average Bonchev–Trinajstić information content (AvgIpc) is 2.74. The van der Waals surface area contributed by atoms with Crippen LogP contribution in [0.25, 0.3) is 0 Å². The number of halogens is 2. The summed E-state index contributed by atoms with van der Waals surface area (Å²) in [6.45, 7) is 1.90. The predicted octanol–water partition coefficient (Wildman–Crippen LogP) is 3.31. The van der Waals surface area contributed by atoms with Crippen molar-refractivity contribution in [2.75, 3.05) is 7.05 Å². The summed E-state index contributed by atoms with van der Waals surface area (Å²) in [5.41, 5.74) is 0. The zero-order chi connectivity index (χ0) is 14.9. The minimum absolute atomic E-state index is 0.0182. The van der Waals surface area contributed by atoms with Crippen LogP contribution in [0.3, 0.4) is 0 Å². The van der Waals surface area contributed by atoms with Gasteiger partial charge in [0.05, 0.1) is 11.4 Å². The van der Waals surface area contributed by atoms with Crippen molar-refractivity contribution < 1.29 is 17.2 Å². The van der Waals surface area contributed by atoms with Crippen LogP contribution < -0.4 is 0 Å². The molecule has 2 rings (SSSR count). The molecule has 4 nitrogen and oxygen atoms in total. The lowest BCUT2D eigenvalue weighted by Crippen LogP contribution is -2.26. The lowest BCUT2D eigenvalue weighted by Gasteiger charge is -2.17. The van der Waals surface area contributed by atoms with E-state index in [2.05, 4.69) is 15.9 Å². The summed E-state index contributed by atoms with van der Waals surface area (Å²) in [6.07, 6.45) is 0. The monoisotopic (exact) mass is 361 g/mol. The number of benzene rings is 1. The van der Waals surface area contributed by atoms with E-state index in [-0.39, 0.29) is 15.9 Å². The van der Waals surface area contributed by atoms with Crippen LogP contribution in [0.1, 0.15) is 11.5 Å². The van der Waals surface area contributed by atoms with Gasteiger partial charge in [-0.2, -0.15) is 4.31 Å². The Balaban J connectivity index is 2.29. The molecule has 20 heavy (non-hydrogen) atoms. The second-order valence-electron chi connectivity index (χ2n) is 4.35. The minimum atomic E-state index is -3.72. The third-order valence-electron chi connectivity index (χ3n) is 2.76. The molecule has 0 unspecified atom stereocenters. The zero-order valence-electron chi connectivity index (χ0n) is 10.9. The maximum atomic E-state index is 13.0. The van der Waals surface area contributed by atoms with Gasteiger partial charge in [-0.05, 0) is 53.2 Å². The zero-order valence-corrected chi connectivity index (χ0v) is 13.3. The van der Waals surface area contributed by atoms with Gasteiger partial charge in [0, 0.05) is 11.5 Å². The summed E-state index contributed by atoms with van der Waals surface area (Å²) < 4.78 is 44.6. The molecule has 0 aliphatic carbocycles. The van der Waals surface area contributed by atoms with E-state index in [9.17, 15) is 12.8 Å². The highest BCUT2D eigenvalue weighted by atomic mass is 79.9. The van der Waals surface area contributed by atoms with Crippen molar-refractivity contribution in [3.8, 4) is 0 Å². The van der Waals surface area contributed by atoms with Gasteiger partial charge >= 0.3 is 0 Å². The highest BCUT2D eigenvalue weighted by Gasteiger charge is 2.24. The molecule has 108 valence electrons. The van der Waals surface area contributed by atoms with Gasteiger partial charge in [-0.15, -0.1) is 0 Å². The van der Waals surface area contributed by atoms with E-state index in [4.69, 9.17) is 4.42 Å². The Hall–Kier alpha value is -1.18. The molecule has 1 aromatic carbocycles. The predicted molar refractivity (Wildman–Crippen MR) is 76.2 cm³/mol. The molecule has 0 spiro atoms. The Morgan fingerprint density at radius 3 is 2.55 bits per heavy atom. The first-order valence-electron chi connectivity index (χ1n) is 5.77. The SMILES string of the molecule is Cc1ccc(CN(C)S(=O)(=O)c2ccc(F)cc2Br)o1. The topological polar surface area (TPSA) is 50.5 Å². The molecule has 0 radical (unpaired) electrons. The molecule has 1 heterocycles. The van der Waals surface area contributed by atoms with Crippen LogP contribution in [-0.2, 0) is 16.6 Å². The van der Waals surface area contributed by atoms with E-state index in [1.807, 2.05) is 0 Å². The van der Waals surface area contributed by atoms with Crippen LogP contribution >= 0.6 is 15.9 Å². The molecule has 0 atom stereocenters. The standard InChI is InChI=1S/C13H13BrFNO3S/c1-9-3-5-11(19-9)8-16(2)20(17,18)13-6-4-10(15)7-12(13)14/h3-7H,8H2,1-2H3. The molecule has 2 aromatic rings. The number of aryl methyl sites for hydroxylation is 1.